The molecule has 0 atom stereocenters. The van der Waals surface area contributed by atoms with Crippen molar-refractivity contribution in [1.82, 2.24) is 25.3 Å². The molecule has 3 rings (SSSR count). The Balaban J connectivity index is 1.99. The van der Waals surface area contributed by atoms with Gasteiger partial charge in [-0.3, -0.25) is 4.98 Å². The van der Waals surface area contributed by atoms with Gasteiger partial charge in [0.1, 0.15) is 11.2 Å². The number of alkyl halides is 3. The van der Waals surface area contributed by atoms with E-state index in [2.05, 4.69) is 29.8 Å². The number of pyridine rings is 1. The van der Waals surface area contributed by atoms with Crippen molar-refractivity contribution in [2.45, 2.75) is 6.18 Å². The Morgan fingerprint density at radius 3 is 2.75 bits per heavy atom. The van der Waals surface area contributed by atoms with Crippen molar-refractivity contribution in [2.75, 3.05) is 0 Å². The summed E-state index contributed by atoms with van der Waals surface area (Å²) in [6.07, 6.45) is -3.24. The summed E-state index contributed by atoms with van der Waals surface area (Å²) in [7, 11) is 0. The van der Waals surface area contributed by atoms with Crippen LogP contribution in [0.25, 0.3) is 22.1 Å². The maximum Gasteiger partial charge on any atom is 0.471 e. The van der Waals surface area contributed by atoms with Gasteiger partial charge in [-0.25, -0.2) is 0 Å². The zero-order valence-corrected chi connectivity index (χ0v) is 10.3. The molecule has 3 heterocycles. The van der Waals surface area contributed by atoms with Gasteiger partial charge in [-0.2, -0.15) is 18.2 Å². The average molecular weight is 299 g/mol. The van der Waals surface area contributed by atoms with Crippen LogP contribution in [0.4, 0.5) is 13.2 Å². The highest BCUT2D eigenvalue weighted by Gasteiger charge is 2.38. The van der Waals surface area contributed by atoms with E-state index in [1.807, 2.05) is 0 Å². The maximum atomic E-state index is 12.4. The van der Waals surface area contributed by atoms with Crippen LogP contribution < -0.4 is 0 Å². The molecule has 20 heavy (non-hydrogen) atoms. The Bertz CT molecular complexity index is 725. The van der Waals surface area contributed by atoms with Crippen molar-refractivity contribution in [3.63, 3.8) is 0 Å². The molecule has 0 N–H and O–H groups in total. The lowest BCUT2D eigenvalue weighted by Crippen LogP contribution is -2.04. The minimum absolute atomic E-state index is 0.162. The standard InChI is InChI=1S/C10H4F3N5OS/c11-10(12,13)9-16-7(18-19-9)5-1-2-14-6(3-5)8-17-15-4-20-8/h1-4H. The van der Waals surface area contributed by atoms with E-state index in [4.69, 9.17) is 0 Å². The van der Waals surface area contributed by atoms with E-state index in [1.165, 1.54) is 35.2 Å². The minimum Gasteiger partial charge on any atom is -0.329 e. The average Bonchev–Trinajstić information content (AvgIpc) is 3.10. The van der Waals surface area contributed by atoms with E-state index in [0.717, 1.165) is 0 Å². The Morgan fingerprint density at radius 2 is 2.10 bits per heavy atom. The van der Waals surface area contributed by atoms with Crippen molar-refractivity contribution in [2.24, 2.45) is 0 Å². The normalized spacial score (nSPS) is 11.8. The number of nitrogens with zero attached hydrogens (tertiary/aromatic N) is 5. The summed E-state index contributed by atoms with van der Waals surface area (Å²) in [6, 6.07) is 3.00. The van der Waals surface area contributed by atoms with Crippen LogP contribution in [0.15, 0.2) is 28.4 Å². The first-order valence-electron chi connectivity index (χ1n) is 5.18. The molecule has 0 aliphatic rings. The molecule has 0 aliphatic carbocycles. The summed E-state index contributed by atoms with van der Waals surface area (Å²) in [4.78, 5) is 7.37. The quantitative estimate of drug-likeness (QED) is 0.724. The Hall–Kier alpha value is -2.36. The summed E-state index contributed by atoms with van der Waals surface area (Å²) in [5.41, 5.74) is 2.35. The Kier molecular flexibility index (Phi) is 2.93. The lowest BCUT2D eigenvalue weighted by molar-refractivity contribution is -0.159. The van der Waals surface area contributed by atoms with Gasteiger partial charge in [-0.15, -0.1) is 10.2 Å². The smallest absolute Gasteiger partial charge is 0.329 e. The van der Waals surface area contributed by atoms with Gasteiger partial charge in [0.05, 0.1) is 0 Å². The zero-order chi connectivity index (χ0) is 14.2. The molecule has 0 spiro atoms. The van der Waals surface area contributed by atoms with E-state index >= 15 is 0 Å². The van der Waals surface area contributed by atoms with Crippen LogP contribution in [-0.2, 0) is 6.18 Å². The summed E-state index contributed by atoms with van der Waals surface area (Å²) >= 11 is 1.26. The first-order valence-corrected chi connectivity index (χ1v) is 6.06. The van der Waals surface area contributed by atoms with Crippen molar-refractivity contribution >= 4 is 11.3 Å². The minimum atomic E-state index is -4.67. The molecule has 3 aromatic rings. The Morgan fingerprint density at radius 1 is 1.25 bits per heavy atom. The van der Waals surface area contributed by atoms with Crippen LogP contribution in [0.1, 0.15) is 5.89 Å². The van der Waals surface area contributed by atoms with Crippen LogP contribution in [0.2, 0.25) is 0 Å². The fraction of sp³-hybridized carbons (Fsp3) is 0.100. The largest absolute Gasteiger partial charge is 0.471 e. The van der Waals surface area contributed by atoms with E-state index < -0.39 is 12.1 Å². The molecule has 0 bridgehead atoms. The van der Waals surface area contributed by atoms with Crippen molar-refractivity contribution in [1.29, 1.82) is 0 Å². The van der Waals surface area contributed by atoms with Crippen LogP contribution >= 0.6 is 11.3 Å². The van der Waals surface area contributed by atoms with Gasteiger partial charge in [0.15, 0.2) is 5.01 Å². The molecule has 0 unspecified atom stereocenters. The van der Waals surface area contributed by atoms with Gasteiger partial charge in [0, 0.05) is 11.8 Å². The molecular weight excluding hydrogens is 295 g/mol. The van der Waals surface area contributed by atoms with Crippen LogP contribution in [0, 0.1) is 0 Å². The lowest BCUT2D eigenvalue weighted by atomic mass is 10.2. The first-order chi connectivity index (χ1) is 9.54. The second-order valence-corrected chi connectivity index (χ2v) is 4.43. The zero-order valence-electron chi connectivity index (χ0n) is 9.50. The molecule has 0 fully saturated rings. The molecule has 6 nitrogen and oxygen atoms in total. The van der Waals surface area contributed by atoms with Crippen LogP contribution in [-0.4, -0.2) is 25.3 Å². The summed E-state index contributed by atoms with van der Waals surface area (Å²) in [5.74, 6) is -1.55. The Labute approximate surface area is 113 Å². The third kappa shape index (κ3) is 2.37. The van der Waals surface area contributed by atoms with Crippen LogP contribution in [0.5, 0.6) is 0 Å². The molecule has 10 heteroatoms. The highest BCUT2D eigenvalue weighted by Crippen LogP contribution is 2.30. The lowest BCUT2D eigenvalue weighted by Gasteiger charge is -1.98. The second-order valence-electron chi connectivity index (χ2n) is 3.59. The molecule has 0 saturated carbocycles. The third-order valence-corrected chi connectivity index (χ3v) is 2.98. The van der Waals surface area contributed by atoms with Gasteiger partial charge < -0.3 is 4.52 Å². The molecule has 3 aromatic heterocycles. The predicted octanol–water partition coefficient (Wildman–Crippen LogP) is 2.67. The number of hydrogen-bond donors (Lipinski definition) is 0. The molecule has 0 aliphatic heterocycles. The number of rotatable bonds is 2. The predicted molar refractivity (Wildman–Crippen MR) is 61.4 cm³/mol. The topological polar surface area (TPSA) is 77.6 Å². The number of halogens is 3. The van der Waals surface area contributed by atoms with Gasteiger partial charge in [0.25, 0.3) is 0 Å². The highest BCUT2D eigenvalue weighted by molar-refractivity contribution is 7.12. The van der Waals surface area contributed by atoms with Crippen molar-refractivity contribution < 1.29 is 17.7 Å². The summed E-state index contributed by atoms with van der Waals surface area (Å²) in [6.45, 7) is 0. The second kappa shape index (κ2) is 4.63. The number of hydrogen-bond acceptors (Lipinski definition) is 7. The highest BCUT2D eigenvalue weighted by atomic mass is 32.1. The molecule has 102 valence electrons. The monoisotopic (exact) mass is 299 g/mol. The van der Waals surface area contributed by atoms with Gasteiger partial charge in [0.2, 0.25) is 5.82 Å². The molecule has 0 radical (unpaired) electrons. The summed E-state index contributed by atoms with van der Waals surface area (Å²) < 4.78 is 41.4. The third-order valence-electron chi connectivity index (χ3n) is 2.27. The van der Waals surface area contributed by atoms with Gasteiger partial charge in [-0.05, 0) is 12.1 Å². The van der Waals surface area contributed by atoms with Crippen LogP contribution in [0.3, 0.4) is 0 Å². The fourth-order valence-electron chi connectivity index (χ4n) is 1.43. The van der Waals surface area contributed by atoms with Gasteiger partial charge in [-0.1, -0.05) is 16.5 Å². The van der Waals surface area contributed by atoms with Crippen molar-refractivity contribution in [3.8, 4) is 22.1 Å². The van der Waals surface area contributed by atoms with E-state index in [9.17, 15) is 13.2 Å². The summed E-state index contributed by atoms with van der Waals surface area (Å²) in [5, 5.41) is 11.4. The fourth-order valence-corrected chi connectivity index (χ4v) is 1.95. The van der Waals surface area contributed by atoms with Gasteiger partial charge >= 0.3 is 12.1 Å². The van der Waals surface area contributed by atoms with Crippen molar-refractivity contribution in [3.05, 3.63) is 29.7 Å². The molecule has 0 amide bonds. The molecule has 0 saturated heterocycles. The van der Waals surface area contributed by atoms with E-state index in [1.54, 1.807) is 0 Å². The van der Waals surface area contributed by atoms with E-state index in [-0.39, 0.29) is 5.82 Å². The molecular formula is C10H4F3N5OS. The first kappa shape index (κ1) is 12.7. The maximum absolute atomic E-state index is 12.4. The SMILES string of the molecule is FC(F)(F)c1nc(-c2ccnc(-c3nncs3)c2)no1. The number of aromatic nitrogens is 5. The molecule has 0 aromatic carbocycles. The van der Waals surface area contributed by atoms with E-state index in [0.29, 0.717) is 16.3 Å².